The Labute approximate surface area is 149 Å². The van der Waals surface area contributed by atoms with Gasteiger partial charge in [-0.3, -0.25) is 0 Å². The van der Waals surface area contributed by atoms with Crippen LogP contribution in [0.25, 0.3) is 17.0 Å². The molecule has 1 N–H and O–H groups in total. The molecule has 0 radical (unpaired) electrons. The summed E-state index contributed by atoms with van der Waals surface area (Å²) in [7, 11) is 0. The van der Waals surface area contributed by atoms with Gasteiger partial charge in [-0.15, -0.1) is 10.2 Å². The maximum Gasteiger partial charge on any atom is 0.322 e. The molecular formula is C19H15FN4O2. The number of hydrogen-bond acceptors (Lipinski definition) is 4. The molecule has 0 spiro atoms. The Morgan fingerprint density at radius 1 is 1.15 bits per heavy atom. The highest BCUT2D eigenvalue weighted by Gasteiger charge is 2.20. The topological polar surface area (TPSA) is 71.3 Å². The van der Waals surface area contributed by atoms with Gasteiger partial charge in [-0.2, -0.15) is 0 Å². The van der Waals surface area contributed by atoms with Crippen molar-refractivity contribution in [2.75, 3.05) is 18.4 Å². The first-order valence-electron chi connectivity index (χ1n) is 8.06. The van der Waals surface area contributed by atoms with Gasteiger partial charge in [-0.05, 0) is 41.5 Å². The fourth-order valence-corrected chi connectivity index (χ4v) is 2.81. The first-order chi connectivity index (χ1) is 12.7. The molecule has 2 amide bonds. The van der Waals surface area contributed by atoms with Crippen molar-refractivity contribution < 1.29 is 13.6 Å². The van der Waals surface area contributed by atoms with E-state index in [2.05, 4.69) is 15.5 Å². The second-order valence-electron chi connectivity index (χ2n) is 5.87. The number of benzene rings is 2. The molecule has 0 fully saturated rings. The van der Waals surface area contributed by atoms with Gasteiger partial charge in [-0.25, -0.2) is 9.18 Å². The smallest absolute Gasteiger partial charge is 0.322 e. The molecule has 0 saturated heterocycles. The highest BCUT2D eigenvalue weighted by Crippen LogP contribution is 2.23. The molecule has 2 heterocycles. The number of carbonyl (C=O) groups is 1. The van der Waals surface area contributed by atoms with Crippen LogP contribution in [0.1, 0.15) is 5.56 Å². The first-order valence-corrected chi connectivity index (χ1v) is 8.06. The number of halogens is 1. The molecule has 1 aromatic heterocycles. The van der Waals surface area contributed by atoms with Gasteiger partial charge in [0.25, 0.3) is 0 Å². The first kappa shape index (κ1) is 16.0. The lowest BCUT2D eigenvalue weighted by atomic mass is 10.1. The van der Waals surface area contributed by atoms with Crippen LogP contribution in [-0.4, -0.2) is 34.2 Å². The summed E-state index contributed by atoms with van der Waals surface area (Å²) in [5.41, 5.74) is 3.28. The molecule has 7 heteroatoms. The van der Waals surface area contributed by atoms with Gasteiger partial charge in [0.05, 0.1) is 0 Å². The number of anilines is 1. The van der Waals surface area contributed by atoms with Crippen molar-refractivity contribution in [2.24, 2.45) is 0 Å². The summed E-state index contributed by atoms with van der Waals surface area (Å²) in [4.78, 5) is 14.2. The summed E-state index contributed by atoms with van der Waals surface area (Å²) >= 11 is 0. The Bertz CT molecular complexity index is 952. The summed E-state index contributed by atoms with van der Waals surface area (Å²) in [6, 6.07) is 13.3. The number of rotatable bonds is 3. The number of hydrogen-bond donors (Lipinski definition) is 1. The molecule has 6 nitrogen and oxygen atoms in total. The SMILES string of the molecule is O=C(Nc1cccc(-c2nnco2)c1)N1CC=C(c2ccc(F)cc2)C1. The molecule has 0 aliphatic carbocycles. The van der Waals surface area contributed by atoms with Crippen molar-refractivity contribution in [3.05, 3.63) is 72.4 Å². The summed E-state index contributed by atoms with van der Waals surface area (Å²) in [6.45, 7) is 0.975. The molecule has 3 aromatic rings. The van der Waals surface area contributed by atoms with Crippen LogP contribution in [0, 0.1) is 5.82 Å². The van der Waals surface area contributed by atoms with E-state index >= 15 is 0 Å². The zero-order valence-corrected chi connectivity index (χ0v) is 13.7. The molecule has 0 bridgehead atoms. The van der Waals surface area contributed by atoms with Crippen molar-refractivity contribution in [1.29, 1.82) is 0 Å². The second kappa shape index (κ2) is 6.79. The van der Waals surface area contributed by atoms with Crippen LogP contribution in [0.4, 0.5) is 14.9 Å². The fourth-order valence-electron chi connectivity index (χ4n) is 2.81. The predicted molar refractivity (Wildman–Crippen MR) is 94.7 cm³/mol. The van der Waals surface area contributed by atoms with Crippen molar-refractivity contribution >= 4 is 17.3 Å². The minimum absolute atomic E-state index is 0.207. The Morgan fingerprint density at radius 3 is 2.77 bits per heavy atom. The maximum absolute atomic E-state index is 13.0. The molecule has 1 aliphatic heterocycles. The summed E-state index contributed by atoms with van der Waals surface area (Å²) in [6.07, 6.45) is 3.23. The second-order valence-corrected chi connectivity index (χ2v) is 5.87. The van der Waals surface area contributed by atoms with Crippen LogP contribution in [0.2, 0.25) is 0 Å². The number of amides is 2. The number of nitrogens with zero attached hydrogens (tertiary/aromatic N) is 3. The van der Waals surface area contributed by atoms with Crippen molar-refractivity contribution in [1.82, 2.24) is 15.1 Å². The maximum atomic E-state index is 13.0. The van der Waals surface area contributed by atoms with Gasteiger partial charge in [0, 0.05) is 24.3 Å². The number of carbonyl (C=O) groups excluding carboxylic acids is 1. The van der Waals surface area contributed by atoms with Crippen LogP contribution in [0.3, 0.4) is 0 Å². The van der Waals surface area contributed by atoms with Gasteiger partial charge >= 0.3 is 6.03 Å². The van der Waals surface area contributed by atoms with Crippen LogP contribution in [-0.2, 0) is 0 Å². The quantitative estimate of drug-likeness (QED) is 0.780. The van der Waals surface area contributed by atoms with Gasteiger partial charge < -0.3 is 14.6 Å². The van der Waals surface area contributed by atoms with E-state index in [4.69, 9.17) is 4.42 Å². The minimum atomic E-state index is -0.275. The highest BCUT2D eigenvalue weighted by atomic mass is 19.1. The number of nitrogens with one attached hydrogen (secondary N) is 1. The minimum Gasteiger partial charge on any atom is -0.423 e. The lowest BCUT2D eigenvalue weighted by molar-refractivity contribution is 0.225. The van der Waals surface area contributed by atoms with Gasteiger partial charge in [-0.1, -0.05) is 24.3 Å². The molecule has 4 rings (SSSR count). The molecule has 0 saturated carbocycles. The van der Waals surface area contributed by atoms with Crippen molar-refractivity contribution in [3.8, 4) is 11.5 Å². The Balaban J connectivity index is 1.42. The highest BCUT2D eigenvalue weighted by molar-refractivity contribution is 5.92. The fraction of sp³-hybridized carbons (Fsp3) is 0.105. The van der Waals surface area contributed by atoms with Gasteiger partial charge in [0.15, 0.2) is 0 Å². The average Bonchev–Trinajstić information content (AvgIpc) is 3.35. The molecule has 130 valence electrons. The van der Waals surface area contributed by atoms with Crippen molar-refractivity contribution in [2.45, 2.75) is 0 Å². The average molecular weight is 350 g/mol. The van der Waals surface area contributed by atoms with E-state index in [1.54, 1.807) is 35.2 Å². The predicted octanol–water partition coefficient (Wildman–Crippen LogP) is 3.81. The number of aromatic nitrogens is 2. The lowest BCUT2D eigenvalue weighted by Crippen LogP contribution is -2.33. The molecule has 2 aromatic carbocycles. The standard InChI is InChI=1S/C19H15FN4O2/c20-16-6-4-13(5-7-16)15-8-9-24(11-15)19(25)22-17-3-1-2-14(10-17)18-23-21-12-26-18/h1-8,10,12H,9,11H2,(H,22,25). The van der Waals surface area contributed by atoms with E-state index in [1.807, 2.05) is 12.1 Å². The summed E-state index contributed by atoms with van der Waals surface area (Å²) in [5.74, 6) is 0.116. The molecule has 26 heavy (non-hydrogen) atoms. The van der Waals surface area contributed by atoms with E-state index < -0.39 is 0 Å². The largest absolute Gasteiger partial charge is 0.423 e. The van der Waals surface area contributed by atoms with E-state index in [0.29, 0.717) is 24.7 Å². The summed E-state index contributed by atoms with van der Waals surface area (Å²) in [5, 5.41) is 10.4. The third-order valence-electron chi connectivity index (χ3n) is 4.14. The van der Waals surface area contributed by atoms with Gasteiger partial charge in [0.1, 0.15) is 5.82 Å². The normalized spacial score (nSPS) is 13.6. The molecule has 1 aliphatic rings. The zero-order chi connectivity index (χ0) is 17.9. The van der Waals surface area contributed by atoms with Gasteiger partial charge in [0.2, 0.25) is 12.3 Å². The molecule has 0 unspecified atom stereocenters. The van der Waals surface area contributed by atoms with E-state index in [0.717, 1.165) is 16.7 Å². The zero-order valence-electron chi connectivity index (χ0n) is 13.7. The third-order valence-corrected chi connectivity index (χ3v) is 4.14. The van der Waals surface area contributed by atoms with Crippen LogP contribution < -0.4 is 5.32 Å². The van der Waals surface area contributed by atoms with Crippen LogP contribution in [0.15, 0.2) is 65.4 Å². The van der Waals surface area contributed by atoms with Crippen LogP contribution in [0.5, 0.6) is 0 Å². The molecule has 0 atom stereocenters. The third kappa shape index (κ3) is 3.32. The van der Waals surface area contributed by atoms with Crippen LogP contribution >= 0.6 is 0 Å². The summed E-state index contributed by atoms with van der Waals surface area (Å²) < 4.78 is 18.2. The Morgan fingerprint density at radius 2 is 2.00 bits per heavy atom. The number of urea groups is 1. The Hall–Kier alpha value is -3.48. The van der Waals surface area contributed by atoms with E-state index in [-0.39, 0.29) is 11.8 Å². The monoisotopic (exact) mass is 350 g/mol. The molecular weight excluding hydrogens is 335 g/mol. The van der Waals surface area contributed by atoms with E-state index in [1.165, 1.54) is 18.5 Å². The van der Waals surface area contributed by atoms with E-state index in [9.17, 15) is 9.18 Å². The van der Waals surface area contributed by atoms with Crippen molar-refractivity contribution in [3.63, 3.8) is 0 Å². The Kier molecular flexibility index (Phi) is 4.18. The lowest BCUT2D eigenvalue weighted by Gasteiger charge is -2.17.